The lowest BCUT2D eigenvalue weighted by molar-refractivity contribution is -0.274. The first-order valence-corrected chi connectivity index (χ1v) is 4.49. The van der Waals surface area contributed by atoms with Crippen LogP contribution in [0.15, 0.2) is 18.2 Å². The lowest BCUT2D eigenvalue weighted by atomic mass is 10.1. The summed E-state index contributed by atoms with van der Waals surface area (Å²) in [6.07, 6.45) is -4.39. The van der Waals surface area contributed by atoms with Gasteiger partial charge in [0.15, 0.2) is 0 Å². The Morgan fingerprint density at radius 3 is 2.59 bits per heavy atom. The molecule has 0 saturated heterocycles. The summed E-state index contributed by atoms with van der Waals surface area (Å²) < 4.78 is 39.7. The van der Waals surface area contributed by atoms with Gasteiger partial charge in [0.25, 0.3) is 0 Å². The molecule has 0 bridgehead atoms. The molecule has 6 heteroatoms. The number of nitrogens with two attached hydrogens (primary N) is 1. The third-order valence-electron chi connectivity index (χ3n) is 1.63. The van der Waals surface area contributed by atoms with Gasteiger partial charge in [-0.05, 0) is 18.2 Å². The molecule has 0 atom stereocenters. The third-order valence-corrected chi connectivity index (χ3v) is 1.63. The molecular formula is C11H8F3NO2. The van der Waals surface area contributed by atoms with Crippen LogP contribution in [0, 0.1) is 11.8 Å². The summed E-state index contributed by atoms with van der Waals surface area (Å²) >= 11 is 0. The molecule has 0 heterocycles. The number of halogens is 3. The number of hydrogen-bond acceptors (Lipinski definition) is 3. The molecule has 0 aliphatic heterocycles. The summed E-state index contributed by atoms with van der Waals surface area (Å²) in [5.41, 5.74) is 5.42. The highest BCUT2D eigenvalue weighted by Crippen LogP contribution is 2.24. The Labute approximate surface area is 95.4 Å². The van der Waals surface area contributed by atoms with E-state index in [-0.39, 0.29) is 17.7 Å². The van der Waals surface area contributed by atoms with Gasteiger partial charge in [0, 0.05) is 11.1 Å². The highest BCUT2D eigenvalue weighted by atomic mass is 19.4. The molecule has 1 aromatic rings. The van der Waals surface area contributed by atoms with Gasteiger partial charge < -0.3 is 10.5 Å². The van der Waals surface area contributed by atoms with E-state index in [4.69, 9.17) is 5.73 Å². The maximum atomic E-state index is 12.0. The van der Waals surface area contributed by atoms with Crippen LogP contribution < -0.4 is 10.5 Å². The topological polar surface area (TPSA) is 52.3 Å². The molecular weight excluding hydrogens is 235 g/mol. The van der Waals surface area contributed by atoms with E-state index >= 15 is 0 Å². The van der Waals surface area contributed by atoms with Crippen molar-refractivity contribution in [2.24, 2.45) is 5.73 Å². The van der Waals surface area contributed by atoms with Crippen molar-refractivity contribution < 1.29 is 22.7 Å². The van der Waals surface area contributed by atoms with E-state index < -0.39 is 12.1 Å². The molecule has 0 aliphatic rings. The van der Waals surface area contributed by atoms with Crippen molar-refractivity contribution in [3.05, 3.63) is 29.3 Å². The molecule has 0 fully saturated rings. The van der Waals surface area contributed by atoms with Crippen LogP contribution >= 0.6 is 0 Å². The van der Waals surface area contributed by atoms with Gasteiger partial charge in [0.05, 0.1) is 6.54 Å². The van der Waals surface area contributed by atoms with Crippen molar-refractivity contribution in [3.8, 4) is 17.6 Å². The average Bonchev–Trinajstić information content (AvgIpc) is 2.23. The Bertz CT molecular complexity index is 472. The maximum Gasteiger partial charge on any atom is 0.573 e. The molecule has 0 aromatic heterocycles. The molecule has 0 radical (unpaired) electrons. The fourth-order valence-corrected chi connectivity index (χ4v) is 1.11. The molecule has 1 aromatic carbocycles. The van der Waals surface area contributed by atoms with Crippen molar-refractivity contribution in [2.45, 2.75) is 6.36 Å². The summed E-state index contributed by atoms with van der Waals surface area (Å²) in [6, 6.07) is 3.41. The van der Waals surface area contributed by atoms with E-state index in [1.54, 1.807) is 0 Å². The predicted octanol–water partition coefficient (Wildman–Crippen LogP) is 1.71. The summed E-state index contributed by atoms with van der Waals surface area (Å²) in [6.45, 7) is 0.0702. The Morgan fingerprint density at radius 2 is 2.06 bits per heavy atom. The molecule has 0 amide bonds. The summed E-state index contributed by atoms with van der Waals surface area (Å²) in [5.74, 6) is 4.51. The summed E-state index contributed by atoms with van der Waals surface area (Å²) in [7, 11) is 0. The molecule has 90 valence electrons. The van der Waals surface area contributed by atoms with Gasteiger partial charge in [-0.1, -0.05) is 11.8 Å². The number of carbonyl (C=O) groups excluding carboxylic acids is 1. The second kappa shape index (κ2) is 5.37. The number of aldehydes is 1. The first kappa shape index (κ1) is 13.1. The van der Waals surface area contributed by atoms with Crippen LogP contribution in [0.5, 0.6) is 5.75 Å². The monoisotopic (exact) mass is 243 g/mol. The van der Waals surface area contributed by atoms with Gasteiger partial charge in [0.1, 0.15) is 12.0 Å². The number of ether oxygens (including phenoxy) is 1. The van der Waals surface area contributed by atoms with Crippen LogP contribution in [0.2, 0.25) is 0 Å². The van der Waals surface area contributed by atoms with Crippen molar-refractivity contribution in [2.75, 3.05) is 6.54 Å². The zero-order valence-corrected chi connectivity index (χ0v) is 8.54. The standard InChI is InChI=1S/C11H8F3NO2/c12-11(13,14)17-10-5-8(2-1-3-15)4-9(6-10)7-16/h4-7H,3,15H2. The Kier molecular flexibility index (Phi) is 4.12. The number of carbonyl (C=O) groups is 1. The highest BCUT2D eigenvalue weighted by Gasteiger charge is 2.31. The van der Waals surface area contributed by atoms with E-state index in [1.165, 1.54) is 6.07 Å². The number of benzene rings is 1. The lowest BCUT2D eigenvalue weighted by Gasteiger charge is -2.09. The van der Waals surface area contributed by atoms with Gasteiger partial charge in [-0.2, -0.15) is 0 Å². The number of rotatable bonds is 2. The maximum absolute atomic E-state index is 12.0. The Balaban J connectivity index is 3.09. The Morgan fingerprint density at radius 1 is 1.35 bits per heavy atom. The molecule has 0 spiro atoms. The lowest BCUT2D eigenvalue weighted by Crippen LogP contribution is -2.17. The molecule has 3 nitrogen and oxygen atoms in total. The van der Waals surface area contributed by atoms with E-state index in [0.717, 1.165) is 12.1 Å². The van der Waals surface area contributed by atoms with E-state index in [0.29, 0.717) is 6.29 Å². The van der Waals surface area contributed by atoms with Crippen molar-refractivity contribution in [1.82, 2.24) is 0 Å². The molecule has 0 aliphatic carbocycles. The minimum atomic E-state index is -4.81. The first-order chi connectivity index (χ1) is 7.94. The first-order valence-electron chi connectivity index (χ1n) is 4.49. The van der Waals surface area contributed by atoms with Gasteiger partial charge >= 0.3 is 6.36 Å². The third kappa shape index (κ3) is 4.57. The normalized spacial score (nSPS) is 10.4. The average molecular weight is 243 g/mol. The SMILES string of the molecule is NCC#Cc1cc(C=O)cc(OC(F)(F)F)c1. The van der Waals surface area contributed by atoms with Crippen molar-refractivity contribution in [1.29, 1.82) is 0 Å². The quantitative estimate of drug-likeness (QED) is 0.635. The minimum Gasteiger partial charge on any atom is -0.406 e. The fraction of sp³-hybridized carbons (Fsp3) is 0.182. The zero-order chi connectivity index (χ0) is 12.9. The van der Waals surface area contributed by atoms with E-state index in [1.807, 2.05) is 0 Å². The van der Waals surface area contributed by atoms with Gasteiger partial charge in [-0.25, -0.2) is 0 Å². The molecule has 0 saturated carbocycles. The highest BCUT2D eigenvalue weighted by molar-refractivity contribution is 5.76. The van der Waals surface area contributed by atoms with Crippen LogP contribution in [-0.2, 0) is 0 Å². The Hall–Kier alpha value is -2.00. The van der Waals surface area contributed by atoms with Crippen LogP contribution in [-0.4, -0.2) is 19.2 Å². The number of hydrogen-bond donors (Lipinski definition) is 1. The van der Waals surface area contributed by atoms with Crippen molar-refractivity contribution in [3.63, 3.8) is 0 Å². The van der Waals surface area contributed by atoms with E-state index in [2.05, 4.69) is 16.6 Å². The predicted molar refractivity (Wildman–Crippen MR) is 54.4 cm³/mol. The van der Waals surface area contributed by atoms with Crippen LogP contribution in [0.1, 0.15) is 15.9 Å². The van der Waals surface area contributed by atoms with Gasteiger partial charge in [-0.15, -0.1) is 13.2 Å². The second-order valence-corrected chi connectivity index (χ2v) is 2.96. The van der Waals surface area contributed by atoms with Crippen LogP contribution in [0.4, 0.5) is 13.2 Å². The van der Waals surface area contributed by atoms with E-state index in [9.17, 15) is 18.0 Å². The van der Waals surface area contributed by atoms with Gasteiger partial charge in [0.2, 0.25) is 0 Å². The summed E-state index contributed by atoms with van der Waals surface area (Å²) in [4.78, 5) is 10.5. The molecule has 17 heavy (non-hydrogen) atoms. The van der Waals surface area contributed by atoms with Crippen LogP contribution in [0.25, 0.3) is 0 Å². The van der Waals surface area contributed by atoms with Gasteiger partial charge in [-0.3, -0.25) is 4.79 Å². The largest absolute Gasteiger partial charge is 0.573 e. The van der Waals surface area contributed by atoms with Crippen LogP contribution in [0.3, 0.4) is 0 Å². The smallest absolute Gasteiger partial charge is 0.406 e. The summed E-state index contributed by atoms with van der Waals surface area (Å²) in [5, 5.41) is 0. The molecule has 1 rings (SSSR count). The number of alkyl halides is 3. The second-order valence-electron chi connectivity index (χ2n) is 2.96. The fourth-order valence-electron chi connectivity index (χ4n) is 1.11. The molecule has 0 unspecified atom stereocenters. The minimum absolute atomic E-state index is 0.0491. The zero-order valence-electron chi connectivity index (χ0n) is 8.54. The van der Waals surface area contributed by atoms with Crippen molar-refractivity contribution >= 4 is 6.29 Å². The molecule has 2 N–H and O–H groups in total.